The third-order valence-corrected chi connectivity index (χ3v) is 3.09. The smallest absolute Gasteiger partial charge is 0.239 e. The fourth-order valence-electron chi connectivity index (χ4n) is 1.74. The lowest BCUT2D eigenvalue weighted by Gasteiger charge is -2.14. The number of carbonyl (C=O) groups excluding carboxylic acids is 1. The predicted molar refractivity (Wildman–Crippen MR) is 82.7 cm³/mol. The molecule has 3 N–H and O–H groups in total. The van der Waals surface area contributed by atoms with E-state index in [4.69, 9.17) is 22.1 Å². The molecule has 0 saturated carbocycles. The predicted octanol–water partition coefficient (Wildman–Crippen LogP) is 3.20. The van der Waals surface area contributed by atoms with Crippen molar-refractivity contribution in [1.82, 2.24) is 4.98 Å². The number of nitrogens with two attached hydrogens (primary N) is 1. The molecule has 0 radical (unpaired) electrons. The lowest BCUT2D eigenvalue weighted by molar-refractivity contribution is -0.118. The lowest BCUT2D eigenvalue weighted by atomic mass is 10.2. The average molecular weight is 306 g/mol. The normalized spacial score (nSPS) is 11.7. The molecule has 0 saturated heterocycles. The molecule has 0 bridgehead atoms. The van der Waals surface area contributed by atoms with Crippen molar-refractivity contribution >= 4 is 23.2 Å². The van der Waals surface area contributed by atoms with Gasteiger partial charge in [-0.1, -0.05) is 18.5 Å². The summed E-state index contributed by atoms with van der Waals surface area (Å²) in [6.07, 6.45) is 2.15. The Hall–Kier alpha value is -2.27. The summed E-state index contributed by atoms with van der Waals surface area (Å²) in [7, 11) is 0. The number of primary amides is 1. The van der Waals surface area contributed by atoms with E-state index in [0.29, 0.717) is 23.1 Å². The zero-order valence-electron chi connectivity index (χ0n) is 11.5. The van der Waals surface area contributed by atoms with Gasteiger partial charge < -0.3 is 15.8 Å². The molecule has 2 aromatic rings. The Labute approximate surface area is 128 Å². The minimum absolute atomic E-state index is 0.372. The van der Waals surface area contributed by atoms with Crippen LogP contribution >= 0.6 is 11.6 Å². The van der Waals surface area contributed by atoms with Crippen molar-refractivity contribution in [2.75, 3.05) is 5.32 Å². The van der Waals surface area contributed by atoms with Gasteiger partial charge in [0.25, 0.3) is 0 Å². The molecule has 1 atom stereocenters. The molecular formula is C15H16ClN3O2. The van der Waals surface area contributed by atoms with E-state index >= 15 is 0 Å². The second-order valence-electron chi connectivity index (χ2n) is 4.45. The molecule has 5 nitrogen and oxygen atoms in total. The number of carbonyl (C=O) groups is 1. The molecule has 0 aliphatic rings. The number of nitrogens with one attached hydrogen (secondary N) is 1. The zero-order valence-corrected chi connectivity index (χ0v) is 12.3. The van der Waals surface area contributed by atoms with Gasteiger partial charge in [-0.2, -0.15) is 0 Å². The Bertz CT molecular complexity index is 599. The van der Waals surface area contributed by atoms with Gasteiger partial charge in [0.1, 0.15) is 11.8 Å². The summed E-state index contributed by atoms with van der Waals surface area (Å²) in [6.45, 7) is 1.89. The van der Waals surface area contributed by atoms with Crippen molar-refractivity contribution < 1.29 is 9.53 Å². The van der Waals surface area contributed by atoms with Gasteiger partial charge in [0, 0.05) is 18.0 Å². The second kappa shape index (κ2) is 6.95. The summed E-state index contributed by atoms with van der Waals surface area (Å²) < 4.78 is 5.58. The number of pyridine rings is 1. The number of hydrogen-bond acceptors (Lipinski definition) is 4. The molecule has 0 spiro atoms. The van der Waals surface area contributed by atoms with Gasteiger partial charge >= 0.3 is 0 Å². The van der Waals surface area contributed by atoms with E-state index in [1.54, 1.807) is 24.3 Å². The number of anilines is 1. The van der Waals surface area contributed by atoms with E-state index in [9.17, 15) is 4.79 Å². The topological polar surface area (TPSA) is 77.2 Å². The van der Waals surface area contributed by atoms with Crippen molar-refractivity contribution in [3.8, 4) is 11.6 Å². The van der Waals surface area contributed by atoms with E-state index in [1.807, 2.05) is 19.1 Å². The van der Waals surface area contributed by atoms with Crippen LogP contribution in [0.3, 0.4) is 0 Å². The van der Waals surface area contributed by atoms with Gasteiger partial charge in [0.05, 0.1) is 5.02 Å². The van der Waals surface area contributed by atoms with Gasteiger partial charge in [-0.25, -0.2) is 4.98 Å². The SMILES string of the molecule is CC[C@H](Nc1ccc(Oc2ccc(Cl)cn2)cc1)C(N)=O. The molecule has 1 heterocycles. The maximum atomic E-state index is 11.2. The van der Waals surface area contributed by atoms with E-state index in [1.165, 1.54) is 6.20 Å². The Kier molecular flexibility index (Phi) is 5.00. The first-order valence-electron chi connectivity index (χ1n) is 6.54. The van der Waals surface area contributed by atoms with Gasteiger partial charge in [-0.15, -0.1) is 0 Å². The lowest BCUT2D eigenvalue weighted by Crippen LogP contribution is -2.34. The van der Waals surface area contributed by atoms with E-state index in [0.717, 1.165) is 5.69 Å². The maximum Gasteiger partial charge on any atom is 0.239 e. The molecule has 21 heavy (non-hydrogen) atoms. The molecule has 0 aliphatic heterocycles. The molecule has 6 heteroatoms. The minimum atomic E-state index is -0.380. The number of benzene rings is 1. The van der Waals surface area contributed by atoms with Crippen LogP contribution in [0.4, 0.5) is 5.69 Å². The van der Waals surface area contributed by atoms with Crippen molar-refractivity contribution in [3.05, 3.63) is 47.6 Å². The first kappa shape index (κ1) is 15.1. The number of nitrogens with zero attached hydrogens (tertiary/aromatic N) is 1. The monoisotopic (exact) mass is 305 g/mol. The fourth-order valence-corrected chi connectivity index (χ4v) is 1.85. The quantitative estimate of drug-likeness (QED) is 0.859. The molecule has 0 aliphatic carbocycles. The highest BCUT2D eigenvalue weighted by Gasteiger charge is 2.11. The Morgan fingerprint density at radius 2 is 2.05 bits per heavy atom. The molecule has 0 unspecified atom stereocenters. The molecular weight excluding hydrogens is 290 g/mol. The summed E-state index contributed by atoms with van der Waals surface area (Å²) in [5.74, 6) is 0.731. The van der Waals surface area contributed by atoms with Crippen molar-refractivity contribution in [2.45, 2.75) is 19.4 Å². The summed E-state index contributed by atoms with van der Waals surface area (Å²) in [5.41, 5.74) is 6.10. The van der Waals surface area contributed by atoms with Gasteiger partial charge in [-0.05, 0) is 36.8 Å². The second-order valence-corrected chi connectivity index (χ2v) is 4.89. The molecule has 0 fully saturated rings. The highest BCUT2D eigenvalue weighted by atomic mass is 35.5. The van der Waals surface area contributed by atoms with E-state index < -0.39 is 0 Å². The van der Waals surface area contributed by atoms with Crippen LogP contribution < -0.4 is 15.8 Å². The maximum absolute atomic E-state index is 11.2. The van der Waals surface area contributed by atoms with Crippen LogP contribution in [0.1, 0.15) is 13.3 Å². The number of amides is 1. The van der Waals surface area contributed by atoms with Gasteiger partial charge in [0.2, 0.25) is 11.8 Å². The number of halogens is 1. The van der Waals surface area contributed by atoms with Crippen molar-refractivity contribution in [2.24, 2.45) is 5.73 Å². The number of rotatable bonds is 6. The van der Waals surface area contributed by atoms with Gasteiger partial charge in [0.15, 0.2) is 0 Å². The van der Waals surface area contributed by atoms with E-state index in [-0.39, 0.29) is 11.9 Å². The first-order chi connectivity index (χ1) is 10.1. The van der Waals surface area contributed by atoms with Crippen LogP contribution in [0, 0.1) is 0 Å². The first-order valence-corrected chi connectivity index (χ1v) is 6.91. The van der Waals surface area contributed by atoms with Crippen LogP contribution in [0.25, 0.3) is 0 Å². The Morgan fingerprint density at radius 1 is 1.33 bits per heavy atom. The van der Waals surface area contributed by atoms with Crippen LogP contribution in [-0.2, 0) is 4.79 Å². The third-order valence-electron chi connectivity index (χ3n) is 2.87. The standard InChI is InChI=1S/C15H16ClN3O2/c1-2-13(15(17)20)19-11-4-6-12(7-5-11)21-14-8-3-10(16)9-18-14/h3-9,13,19H,2H2,1H3,(H2,17,20)/t13-/m0/s1. The number of ether oxygens (including phenoxy) is 1. The minimum Gasteiger partial charge on any atom is -0.439 e. The van der Waals surface area contributed by atoms with Gasteiger partial charge in [-0.3, -0.25) is 4.79 Å². The summed E-state index contributed by atoms with van der Waals surface area (Å²) in [6, 6.07) is 10.2. The fraction of sp³-hybridized carbons (Fsp3) is 0.200. The summed E-state index contributed by atoms with van der Waals surface area (Å²) in [4.78, 5) is 15.2. The van der Waals surface area contributed by atoms with Crippen LogP contribution in [0.5, 0.6) is 11.6 Å². The third kappa shape index (κ3) is 4.36. The Balaban J connectivity index is 2.01. The summed E-state index contributed by atoms with van der Waals surface area (Å²) in [5, 5.41) is 3.62. The van der Waals surface area contributed by atoms with Crippen LogP contribution in [0.2, 0.25) is 5.02 Å². The number of aromatic nitrogens is 1. The number of hydrogen-bond donors (Lipinski definition) is 2. The molecule has 1 aromatic heterocycles. The highest BCUT2D eigenvalue weighted by Crippen LogP contribution is 2.22. The zero-order chi connectivity index (χ0) is 15.2. The largest absolute Gasteiger partial charge is 0.439 e. The molecule has 2 rings (SSSR count). The molecule has 1 aromatic carbocycles. The molecule has 1 amide bonds. The van der Waals surface area contributed by atoms with Crippen LogP contribution in [0.15, 0.2) is 42.6 Å². The van der Waals surface area contributed by atoms with Crippen LogP contribution in [-0.4, -0.2) is 16.9 Å². The highest BCUT2D eigenvalue weighted by molar-refractivity contribution is 6.30. The molecule has 110 valence electrons. The Morgan fingerprint density at radius 3 is 2.57 bits per heavy atom. The summed E-state index contributed by atoms with van der Waals surface area (Å²) >= 11 is 5.76. The van der Waals surface area contributed by atoms with Crippen molar-refractivity contribution in [3.63, 3.8) is 0 Å². The van der Waals surface area contributed by atoms with Crippen molar-refractivity contribution in [1.29, 1.82) is 0 Å². The van der Waals surface area contributed by atoms with E-state index in [2.05, 4.69) is 10.3 Å². The average Bonchev–Trinajstić information content (AvgIpc) is 2.48.